The van der Waals surface area contributed by atoms with Gasteiger partial charge in [0.25, 0.3) is 0 Å². The molecule has 0 aromatic carbocycles. The molecule has 0 radical (unpaired) electrons. The molecule has 1 spiro atoms. The van der Waals surface area contributed by atoms with Gasteiger partial charge in [0.15, 0.2) is 5.60 Å². The molecule has 4 heteroatoms. The van der Waals surface area contributed by atoms with Crippen LogP contribution in [0.5, 0.6) is 0 Å². The number of esters is 1. The summed E-state index contributed by atoms with van der Waals surface area (Å²) in [4.78, 5) is 11.7. The van der Waals surface area contributed by atoms with E-state index in [1.807, 2.05) is 20.8 Å². The average molecular weight is 214 g/mol. The Morgan fingerprint density at radius 2 is 2.33 bits per heavy atom. The first-order valence-electron chi connectivity index (χ1n) is 5.53. The maximum Gasteiger partial charge on any atom is 0.341 e. The van der Waals surface area contributed by atoms with E-state index in [9.17, 15) is 4.79 Å². The third kappa shape index (κ3) is 1.56. The first-order valence-corrected chi connectivity index (χ1v) is 5.53. The lowest BCUT2D eigenvalue weighted by Crippen LogP contribution is -2.39. The van der Waals surface area contributed by atoms with Crippen LogP contribution in [-0.4, -0.2) is 36.5 Å². The van der Waals surface area contributed by atoms with Crippen molar-refractivity contribution in [2.75, 3.05) is 13.2 Å². The summed E-state index contributed by atoms with van der Waals surface area (Å²) < 4.78 is 16.1. The minimum absolute atomic E-state index is 0.162. The lowest BCUT2D eigenvalue weighted by atomic mass is 9.85. The topological polar surface area (TPSA) is 48.1 Å². The molecule has 0 bridgehead atoms. The molecule has 15 heavy (non-hydrogen) atoms. The van der Waals surface area contributed by atoms with Crippen molar-refractivity contribution in [2.45, 2.75) is 50.9 Å². The van der Waals surface area contributed by atoms with Crippen molar-refractivity contribution < 1.29 is 19.0 Å². The van der Waals surface area contributed by atoms with Crippen LogP contribution in [-0.2, 0) is 19.0 Å². The Hall–Kier alpha value is -0.610. The molecule has 2 aliphatic heterocycles. The van der Waals surface area contributed by atoms with Gasteiger partial charge in [-0.1, -0.05) is 0 Å². The molecule has 0 amide bonds. The van der Waals surface area contributed by atoms with E-state index in [1.54, 1.807) is 0 Å². The molecule has 0 saturated carbocycles. The summed E-state index contributed by atoms with van der Waals surface area (Å²) in [6.45, 7) is 6.70. The summed E-state index contributed by atoms with van der Waals surface area (Å²) in [5, 5.41) is 0. The Balaban J connectivity index is 2.05. The van der Waals surface area contributed by atoms with Gasteiger partial charge in [0.1, 0.15) is 5.60 Å². The Labute approximate surface area is 89.9 Å². The predicted octanol–water partition coefficient (Wildman–Crippen LogP) is 1.28. The van der Waals surface area contributed by atoms with Crippen molar-refractivity contribution >= 4 is 5.97 Å². The molecule has 3 atom stereocenters. The second kappa shape index (κ2) is 3.46. The second-order valence-electron chi connectivity index (χ2n) is 4.49. The zero-order valence-electron chi connectivity index (χ0n) is 9.54. The summed E-state index contributed by atoms with van der Waals surface area (Å²) in [5.41, 5.74) is -1.06. The molecule has 2 saturated heterocycles. The van der Waals surface area contributed by atoms with E-state index in [-0.39, 0.29) is 17.7 Å². The van der Waals surface area contributed by atoms with Crippen LogP contribution in [0.1, 0.15) is 33.6 Å². The van der Waals surface area contributed by atoms with Gasteiger partial charge in [0.2, 0.25) is 0 Å². The Morgan fingerprint density at radius 3 is 2.93 bits per heavy atom. The van der Waals surface area contributed by atoms with E-state index in [4.69, 9.17) is 14.2 Å². The van der Waals surface area contributed by atoms with Gasteiger partial charge in [0, 0.05) is 19.4 Å². The standard InChI is InChI=1S/C11H18O4/c1-4-13-9(12)10(3)11(15-10)5-6-14-8(2)7-11/h8H,4-7H2,1-3H3/t8-,10+,11+/m1/s1. The fourth-order valence-electron chi connectivity index (χ4n) is 2.44. The van der Waals surface area contributed by atoms with E-state index in [0.717, 1.165) is 12.8 Å². The molecule has 0 unspecified atom stereocenters. The normalized spacial score (nSPS) is 44.1. The third-order valence-corrected chi connectivity index (χ3v) is 3.42. The summed E-state index contributed by atoms with van der Waals surface area (Å²) in [6, 6.07) is 0. The minimum atomic E-state index is -0.735. The van der Waals surface area contributed by atoms with E-state index < -0.39 is 5.60 Å². The highest BCUT2D eigenvalue weighted by atomic mass is 16.7. The molecule has 0 aromatic heterocycles. The number of rotatable bonds is 2. The zero-order valence-corrected chi connectivity index (χ0v) is 9.54. The smallest absolute Gasteiger partial charge is 0.341 e. The molecule has 2 fully saturated rings. The Bertz CT molecular complexity index is 278. The maximum absolute atomic E-state index is 11.7. The van der Waals surface area contributed by atoms with Crippen LogP contribution >= 0.6 is 0 Å². The third-order valence-electron chi connectivity index (χ3n) is 3.42. The first kappa shape index (κ1) is 10.9. The molecule has 0 aliphatic carbocycles. The Kier molecular flexibility index (Phi) is 2.51. The highest BCUT2D eigenvalue weighted by molar-refractivity contribution is 5.84. The maximum atomic E-state index is 11.7. The van der Waals surface area contributed by atoms with Crippen LogP contribution in [0.25, 0.3) is 0 Å². The monoisotopic (exact) mass is 214 g/mol. The number of hydrogen-bond donors (Lipinski definition) is 0. The molecule has 4 nitrogen and oxygen atoms in total. The van der Waals surface area contributed by atoms with Gasteiger partial charge < -0.3 is 14.2 Å². The van der Waals surface area contributed by atoms with Gasteiger partial charge in [-0.2, -0.15) is 0 Å². The number of ether oxygens (including phenoxy) is 3. The Morgan fingerprint density at radius 1 is 1.60 bits per heavy atom. The SMILES string of the molecule is CCOC(=O)[C@]1(C)O[C@]12CCO[C@H](C)C2. The highest BCUT2D eigenvalue weighted by Crippen LogP contribution is 2.55. The van der Waals surface area contributed by atoms with E-state index in [2.05, 4.69) is 0 Å². The average Bonchev–Trinajstić information content (AvgIpc) is 2.72. The van der Waals surface area contributed by atoms with Gasteiger partial charge in [-0.25, -0.2) is 4.79 Å². The summed E-state index contributed by atoms with van der Waals surface area (Å²) in [5.74, 6) is -0.237. The zero-order chi connectivity index (χ0) is 11.1. The van der Waals surface area contributed by atoms with Crippen LogP contribution in [0.15, 0.2) is 0 Å². The minimum Gasteiger partial charge on any atom is -0.464 e. The summed E-state index contributed by atoms with van der Waals surface area (Å²) >= 11 is 0. The largest absolute Gasteiger partial charge is 0.464 e. The first-order chi connectivity index (χ1) is 7.04. The van der Waals surface area contributed by atoms with Crippen LogP contribution in [0, 0.1) is 0 Å². The van der Waals surface area contributed by atoms with Crippen LogP contribution in [0.3, 0.4) is 0 Å². The van der Waals surface area contributed by atoms with Crippen molar-refractivity contribution in [3.63, 3.8) is 0 Å². The molecule has 2 aliphatic rings. The number of epoxide rings is 1. The van der Waals surface area contributed by atoms with E-state index in [0.29, 0.717) is 13.2 Å². The molecule has 86 valence electrons. The second-order valence-corrected chi connectivity index (χ2v) is 4.49. The molecule has 0 aromatic rings. The van der Waals surface area contributed by atoms with Gasteiger partial charge in [-0.3, -0.25) is 0 Å². The van der Waals surface area contributed by atoms with Crippen molar-refractivity contribution in [2.24, 2.45) is 0 Å². The van der Waals surface area contributed by atoms with E-state index in [1.165, 1.54) is 0 Å². The van der Waals surface area contributed by atoms with Crippen molar-refractivity contribution in [1.29, 1.82) is 0 Å². The fraction of sp³-hybridized carbons (Fsp3) is 0.909. The lowest BCUT2D eigenvalue weighted by molar-refractivity contribution is -0.149. The van der Waals surface area contributed by atoms with Gasteiger partial charge in [-0.05, 0) is 20.8 Å². The summed E-state index contributed by atoms with van der Waals surface area (Å²) in [6.07, 6.45) is 1.73. The molecule has 2 rings (SSSR count). The van der Waals surface area contributed by atoms with Crippen molar-refractivity contribution in [3.05, 3.63) is 0 Å². The molecule has 0 N–H and O–H groups in total. The highest BCUT2D eigenvalue weighted by Gasteiger charge is 2.73. The molecular formula is C11H18O4. The van der Waals surface area contributed by atoms with Crippen LogP contribution < -0.4 is 0 Å². The molecule has 2 heterocycles. The van der Waals surface area contributed by atoms with Crippen LogP contribution in [0.2, 0.25) is 0 Å². The van der Waals surface area contributed by atoms with Crippen molar-refractivity contribution in [3.8, 4) is 0 Å². The van der Waals surface area contributed by atoms with Gasteiger partial charge >= 0.3 is 5.97 Å². The van der Waals surface area contributed by atoms with E-state index >= 15 is 0 Å². The quantitative estimate of drug-likeness (QED) is 0.513. The summed E-state index contributed by atoms with van der Waals surface area (Å²) in [7, 11) is 0. The number of carbonyl (C=O) groups is 1. The predicted molar refractivity (Wildman–Crippen MR) is 53.5 cm³/mol. The number of carbonyl (C=O) groups excluding carboxylic acids is 1. The van der Waals surface area contributed by atoms with Crippen molar-refractivity contribution in [1.82, 2.24) is 0 Å². The lowest BCUT2D eigenvalue weighted by Gasteiger charge is -2.26. The number of hydrogen-bond acceptors (Lipinski definition) is 4. The van der Waals surface area contributed by atoms with Gasteiger partial charge in [0.05, 0.1) is 12.7 Å². The fourth-order valence-corrected chi connectivity index (χ4v) is 2.44. The van der Waals surface area contributed by atoms with Crippen LogP contribution in [0.4, 0.5) is 0 Å². The van der Waals surface area contributed by atoms with Gasteiger partial charge in [-0.15, -0.1) is 0 Å². The molecular weight excluding hydrogens is 196 g/mol.